The number of amides is 1. The lowest BCUT2D eigenvalue weighted by Gasteiger charge is -2.40. The molecular formula is C16H27N3O. The standard InChI is InChI=1S/C16H27N3O/c1-17-9-5-8-15(17)16(20)19-12-10-18(11-13-19)14-6-3-2-4-7-14/h3,6,14-15H,2,4-5,7-13H2,1H3/t14-,15-/m1/s1. The molecule has 0 aromatic heterocycles. The van der Waals surface area contributed by atoms with Crippen molar-refractivity contribution in [2.45, 2.75) is 44.2 Å². The number of allylic oxidation sites excluding steroid dienone is 1. The van der Waals surface area contributed by atoms with E-state index < -0.39 is 0 Å². The fourth-order valence-corrected chi connectivity index (χ4v) is 3.81. The van der Waals surface area contributed by atoms with Crippen molar-refractivity contribution in [3.05, 3.63) is 12.2 Å². The maximum Gasteiger partial charge on any atom is 0.240 e. The Morgan fingerprint density at radius 3 is 2.45 bits per heavy atom. The van der Waals surface area contributed by atoms with Crippen LogP contribution in [0.2, 0.25) is 0 Å². The van der Waals surface area contributed by atoms with E-state index in [0.29, 0.717) is 11.9 Å². The Hall–Kier alpha value is -0.870. The summed E-state index contributed by atoms with van der Waals surface area (Å²) in [5.41, 5.74) is 0. The predicted molar refractivity (Wildman–Crippen MR) is 80.6 cm³/mol. The summed E-state index contributed by atoms with van der Waals surface area (Å²) in [7, 11) is 2.08. The molecule has 2 heterocycles. The van der Waals surface area contributed by atoms with Crippen molar-refractivity contribution in [1.82, 2.24) is 14.7 Å². The minimum Gasteiger partial charge on any atom is -0.339 e. The van der Waals surface area contributed by atoms with Gasteiger partial charge in [0.15, 0.2) is 0 Å². The molecule has 0 N–H and O–H groups in total. The molecule has 2 fully saturated rings. The molecule has 2 saturated heterocycles. The van der Waals surface area contributed by atoms with Gasteiger partial charge in [0.2, 0.25) is 5.91 Å². The quantitative estimate of drug-likeness (QED) is 0.713. The molecule has 0 bridgehead atoms. The van der Waals surface area contributed by atoms with Gasteiger partial charge in [0, 0.05) is 32.2 Å². The Balaban J connectivity index is 1.51. The Morgan fingerprint density at radius 1 is 1.05 bits per heavy atom. The number of piperazine rings is 1. The monoisotopic (exact) mass is 277 g/mol. The summed E-state index contributed by atoms with van der Waals surface area (Å²) in [5, 5.41) is 0. The zero-order valence-corrected chi connectivity index (χ0v) is 12.6. The number of hydrogen-bond acceptors (Lipinski definition) is 3. The fourth-order valence-electron chi connectivity index (χ4n) is 3.81. The van der Waals surface area contributed by atoms with Crippen molar-refractivity contribution in [3.8, 4) is 0 Å². The van der Waals surface area contributed by atoms with E-state index in [1.165, 1.54) is 25.7 Å². The zero-order chi connectivity index (χ0) is 13.9. The highest BCUT2D eigenvalue weighted by molar-refractivity contribution is 5.82. The van der Waals surface area contributed by atoms with Gasteiger partial charge in [-0.2, -0.15) is 0 Å². The topological polar surface area (TPSA) is 26.8 Å². The molecule has 2 aliphatic heterocycles. The first-order valence-electron chi connectivity index (χ1n) is 8.15. The molecule has 2 atom stereocenters. The summed E-state index contributed by atoms with van der Waals surface area (Å²) in [6.07, 6.45) is 10.7. The third-order valence-electron chi connectivity index (χ3n) is 5.13. The fraction of sp³-hybridized carbons (Fsp3) is 0.812. The van der Waals surface area contributed by atoms with Gasteiger partial charge in [-0.25, -0.2) is 0 Å². The molecule has 3 aliphatic rings. The summed E-state index contributed by atoms with van der Waals surface area (Å²) < 4.78 is 0. The summed E-state index contributed by atoms with van der Waals surface area (Å²) in [6, 6.07) is 0.770. The number of likely N-dealkylation sites (N-methyl/N-ethyl adjacent to an activating group) is 1. The van der Waals surface area contributed by atoms with Crippen molar-refractivity contribution in [3.63, 3.8) is 0 Å². The van der Waals surface area contributed by atoms with Crippen molar-refractivity contribution in [1.29, 1.82) is 0 Å². The van der Waals surface area contributed by atoms with Crippen LogP contribution in [0.1, 0.15) is 32.1 Å². The number of hydrogen-bond donors (Lipinski definition) is 0. The smallest absolute Gasteiger partial charge is 0.240 e. The molecule has 0 aromatic rings. The van der Waals surface area contributed by atoms with E-state index in [1.54, 1.807) is 0 Å². The van der Waals surface area contributed by atoms with E-state index in [-0.39, 0.29) is 6.04 Å². The van der Waals surface area contributed by atoms with E-state index in [0.717, 1.165) is 39.1 Å². The summed E-state index contributed by atoms with van der Waals surface area (Å²) in [5.74, 6) is 0.365. The first-order chi connectivity index (χ1) is 9.75. The number of likely N-dealkylation sites (tertiary alicyclic amines) is 1. The summed E-state index contributed by atoms with van der Waals surface area (Å²) >= 11 is 0. The summed E-state index contributed by atoms with van der Waals surface area (Å²) in [4.78, 5) is 19.4. The predicted octanol–water partition coefficient (Wildman–Crippen LogP) is 1.33. The van der Waals surface area contributed by atoms with Crippen LogP contribution in [0.4, 0.5) is 0 Å². The SMILES string of the molecule is CN1CCC[C@@H]1C(=O)N1CCN([C@@H]2C=CCCC2)CC1. The molecule has 4 nitrogen and oxygen atoms in total. The molecule has 1 aliphatic carbocycles. The Bertz CT molecular complexity index is 374. The third-order valence-corrected chi connectivity index (χ3v) is 5.13. The van der Waals surface area contributed by atoms with Crippen LogP contribution in [0.15, 0.2) is 12.2 Å². The maximum atomic E-state index is 12.5. The second-order valence-electron chi connectivity index (χ2n) is 6.43. The lowest BCUT2D eigenvalue weighted by Crippen LogP contribution is -2.55. The van der Waals surface area contributed by atoms with Gasteiger partial charge < -0.3 is 4.90 Å². The number of carbonyl (C=O) groups excluding carboxylic acids is 1. The highest BCUT2D eigenvalue weighted by atomic mass is 16.2. The van der Waals surface area contributed by atoms with Crippen LogP contribution in [-0.4, -0.2) is 72.5 Å². The van der Waals surface area contributed by atoms with Crippen LogP contribution in [0.25, 0.3) is 0 Å². The number of rotatable bonds is 2. The molecular weight excluding hydrogens is 250 g/mol. The van der Waals surface area contributed by atoms with Gasteiger partial charge in [-0.3, -0.25) is 14.6 Å². The molecule has 1 amide bonds. The van der Waals surface area contributed by atoms with E-state index in [2.05, 4.69) is 33.9 Å². The first kappa shape index (κ1) is 14.1. The zero-order valence-electron chi connectivity index (χ0n) is 12.6. The second kappa shape index (κ2) is 6.27. The molecule has 0 saturated carbocycles. The molecule has 20 heavy (non-hydrogen) atoms. The molecule has 0 unspecified atom stereocenters. The van der Waals surface area contributed by atoms with Crippen LogP contribution >= 0.6 is 0 Å². The van der Waals surface area contributed by atoms with Gasteiger partial charge in [-0.05, 0) is 45.7 Å². The lowest BCUT2D eigenvalue weighted by molar-refractivity contribution is -0.137. The van der Waals surface area contributed by atoms with Crippen molar-refractivity contribution >= 4 is 5.91 Å². The first-order valence-corrected chi connectivity index (χ1v) is 8.15. The van der Waals surface area contributed by atoms with Crippen molar-refractivity contribution < 1.29 is 4.79 Å². The normalized spacial score (nSPS) is 32.8. The number of nitrogens with zero attached hydrogens (tertiary/aromatic N) is 3. The van der Waals surface area contributed by atoms with Crippen molar-refractivity contribution in [2.24, 2.45) is 0 Å². The Kier molecular flexibility index (Phi) is 4.41. The van der Waals surface area contributed by atoms with Crippen molar-refractivity contribution in [2.75, 3.05) is 39.8 Å². The van der Waals surface area contributed by atoms with Gasteiger partial charge in [0.1, 0.15) is 0 Å². The van der Waals surface area contributed by atoms with Crippen LogP contribution in [-0.2, 0) is 4.79 Å². The van der Waals surface area contributed by atoms with E-state index in [1.807, 2.05) is 0 Å². The molecule has 0 radical (unpaired) electrons. The average molecular weight is 277 g/mol. The van der Waals surface area contributed by atoms with Gasteiger partial charge in [0.05, 0.1) is 6.04 Å². The van der Waals surface area contributed by atoms with Gasteiger partial charge in [0.25, 0.3) is 0 Å². The van der Waals surface area contributed by atoms with Crippen LogP contribution < -0.4 is 0 Å². The summed E-state index contributed by atoms with van der Waals surface area (Å²) in [6.45, 7) is 4.97. The largest absolute Gasteiger partial charge is 0.339 e. The Morgan fingerprint density at radius 2 is 1.85 bits per heavy atom. The molecule has 0 spiro atoms. The third kappa shape index (κ3) is 2.91. The maximum absolute atomic E-state index is 12.5. The minimum atomic E-state index is 0.149. The van der Waals surface area contributed by atoms with Crippen LogP contribution in [0, 0.1) is 0 Å². The highest BCUT2D eigenvalue weighted by Crippen LogP contribution is 2.21. The van der Waals surface area contributed by atoms with Gasteiger partial charge in [-0.15, -0.1) is 0 Å². The van der Waals surface area contributed by atoms with E-state index in [4.69, 9.17) is 0 Å². The molecule has 3 rings (SSSR count). The average Bonchev–Trinajstić information content (AvgIpc) is 2.94. The molecule has 4 heteroatoms. The van der Waals surface area contributed by atoms with Crippen LogP contribution in [0.5, 0.6) is 0 Å². The highest BCUT2D eigenvalue weighted by Gasteiger charge is 2.33. The van der Waals surface area contributed by atoms with E-state index in [9.17, 15) is 4.79 Å². The van der Waals surface area contributed by atoms with Crippen LogP contribution in [0.3, 0.4) is 0 Å². The molecule has 112 valence electrons. The number of carbonyl (C=O) groups is 1. The second-order valence-corrected chi connectivity index (χ2v) is 6.43. The van der Waals surface area contributed by atoms with Gasteiger partial charge >= 0.3 is 0 Å². The molecule has 0 aromatic carbocycles. The van der Waals surface area contributed by atoms with Gasteiger partial charge in [-0.1, -0.05) is 12.2 Å². The lowest BCUT2D eigenvalue weighted by atomic mass is 10.0. The minimum absolute atomic E-state index is 0.149. The van der Waals surface area contributed by atoms with E-state index >= 15 is 0 Å². The Labute approximate surface area is 122 Å².